The van der Waals surface area contributed by atoms with Gasteiger partial charge in [-0.1, -0.05) is 65.7 Å². The van der Waals surface area contributed by atoms with E-state index < -0.39 is 33.1 Å². The normalized spacial score (nSPS) is 17.2. The second kappa shape index (κ2) is 16.5. The summed E-state index contributed by atoms with van der Waals surface area (Å²) in [5, 5.41) is 12.7. The summed E-state index contributed by atoms with van der Waals surface area (Å²) in [6.45, 7) is 2.99. The molecule has 1 heterocycles. The lowest BCUT2D eigenvalue weighted by atomic mass is 9.85. The standard InChI is InChI=1S/C37H38Cl2N2O7S/c1-2-46-33-12-7-6-9-26(33)19-21-40-36(43)37(20-24-49(44,45)30-10-4-3-5-11-30)34(31-18-15-28(38)25-32(31)39)48-35(41-37)27-13-16-29(17-14-27)47-23-8-22-42/h3-7,9-18,25,34,42H,2,8,19-24H2,1H3,(H,40,43)/t34-,37-/m1/s1. The Morgan fingerprint density at radius 1 is 0.980 bits per heavy atom. The molecule has 0 aromatic heterocycles. The second-order valence-electron chi connectivity index (χ2n) is 11.4. The van der Waals surface area contributed by atoms with Crippen molar-refractivity contribution in [1.29, 1.82) is 0 Å². The van der Waals surface area contributed by atoms with Gasteiger partial charge in [-0.15, -0.1) is 0 Å². The number of rotatable bonds is 16. The van der Waals surface area contributed by atoms with Crippen LogP contribution in [0.4, 0.5) is 0 Å². The number of ether oxygens (including phenoxy) is 3. The molecule has 5 rings (SSSR count). The molecule has 0 bridgehead atoms. The van der Waals surface area contributed by atoms with Crippen molar-refractivity contribution < 1.29 is 32.5 Å². The fraction of sp³-hybridized carbons (Fsp3) is 0.297. The first-order chi connectivity index (χ1) is 23.7. The van der Waals surface area contributed by atoms with Crippen LogP contribution in [0.3, 0.4) is 0 Å². The lowest BCUT2D eigenvalue weighted by molar-refractivity contribution is -0.129. The Hall–Kier alpha value is -4.09. The number of sulfone groups is 1. The number of para-hydroxylation sites is 1. The average molecular weight is 726 g/mol. The van der Waals surface area contributed by atoms with Gasteiger partial charge in [0.15, 0.2) is 21.5 Å². The summed E-state index contributed by atoms with van der Waals surface area (Å²) in [4.78, 5) is 19.6. The van der Waals surface area contributed by atoms with Gasteiger partial charge < -0.3 is 24.6 Å². The minimum absolute atomic E-state index is 0.0144. The molecule has 4 aromatic rings. The molecule has 0 saturated heterocycles. The summed E-state index contributed by atoms with van der Waals surface area (Å²) in [7, 11) is -3.83. The third-order valence-corrected chi connectivity index (χ3v) is 10.4. The zero-order chi connectivity index (χ0) is 34.9. The molecule has 12 heteroatoms. The van der Waals surface area contributed by atoms with Crippen molar-refractivity contribution in [2.24, 2.45) is 4.99 Å². The van der Waals surface area contributed by atoms with Crippen molar-refractivity contribution >= 4 is 44.8 Å². The molecule has 1 aliphatic rings. The minimum Gasteiger partial charge on any atom is -0.494 e. The molecule has 2 atom stereocenters. The number of benzene rings is 4. The van der Waals surface area contributed by atoms with E-state index >= 15 is 0 Å². The first-order valence-corrected chi connectivity index (χ1v) is 18.4. The second-order valence-corrected chi connectivity index (χ2v) is 14.3. The third kappa shape index (κ3) is 8.75. The van der Waals surface area contributed by atoms with Crippen LogP contribution in [0.5, 0.6) is 11.5 Å². The quantitative estimate of drug-likeness (QED) is 0.124. The van der Waals surface area contributed by atoms with Gasteiger partial charge in [0, 0.05) is 47.2 Å². The van der Waals surface area contributed by atoms with Gasteiger partial charge in [0.05, 0.1) is 23.9 Å². The van der Waals surface area contributed by atoms with Gasteiger partial charge in [0.25, 0.3) is 5.91 Å². The maximum Gasteiger partial charge on any atom is 0.252 e. The van der Waals surface area contributed by atoms with E-state index in [1.165, 1.54) is 12.1 Å². The number of halogens is 2. The number of aliphatic imine (C=N–C) groups is 1. The molecule has 4 aromatic carbocycles. The van der Waals surface area contributed by atoms with Gasteiger partial charge in [-0.2, -0.15) is 0 Å². The van der Waals surface area contributed by atoms with Crippen LogP contribution in [0, 0.1) is 0 Å². The van der Waals surface area contributed by atoms with Gasteiger partial charge in [-0.05, 0) is 73.5 Å². The number of carbonyl (C=O) groups is 1. The summed E-state index contributed by atoms with van der Waals surface area (Å²) in [5.41, 5.74) is 0.166. The predicted molar refractivity (Wildman–Crippen MR) is 191 cm³/mol. The fourth-order valence-corrected chi connectivity index (χ4v) is 7.46. The van der Waals surface area contributed by atoms with Crippen LogP contribution >= 0.6 is 23.2 Å². The Bertz CT molecular complexity index is 1870. The topological polar surface area (TPSA) is 124 Å². The fourth-order valence-electron chi connectivity index (χ4n) is 5.57. The SMILES string of the molecule is CCOc1ccccc1CCNC(=O)[C@]1(CCS(=O)(=O)c2ccccc2)N=C(c2ccc(OCCCO)cc2)O[C@@H]1c1ccc(Cl)cc1Cl. The molecule has 1 aliphatic heterocycles. The molecule has 49 heavy (non-hydrogen) atoms. The van der Waals surface area contributed by atoms with Crippen molar-refractivity contribution in [3.63, 3.8) is 0 Å². The van der Waals surface area contributed by atoms with Crippen LogP contribution in [0.25, 0.3) is 0 Å². The third-order valence-electron chi connectivity index (χ3n) is 8.08. The van der Waals surface area contributed by atoms with Gasteiger partial charge in [0.1, 0.15) is 11.5 Å². The maximum atomic E-state index is 14.5. The zero-order valence-corrected chi connectivity index (χ0v) is 29.3. The molecule has 258 valence electrons. The largest absolute Gasteiger partial charge is 0.494 e. The molecular formula is C37H38Cl2N2O7S. The zero-order valence-electron chi connectivity index (χ0n) is 27.0. The first-order valence-electron chi connectivity index (χ1n) is 16.0. The Morgan fingerprint density at radius 2 is 1.71 bits per heavy atom. The summed E-state index contributed by atoms with van der Waals surface area (Å²) in [6.07, 6.45) is -0.348. The van der Waals surface area contributed by atoms with E-state index in [9.17, 15) is 13.2 Å². The smallest absolute Gasteiger partial charge is 0.252 e. The highest BCUT2D eigenvalue weighted by Gasteiger charge is 2.54. The number of hydrogen-bond acceptors (Lipinski definition) is 8. The molecule has 9 nitrogen and oxygen atoms in total. The Kier molecular flexibility index (Phi) is 12.2. The van der Waals surface area contributed by atoms with Crippen molar-refractivity contribution in [2.45, 2.75) is 42.7 Å². The monoisotopic (exact) mass is 724 g/mol. The summed E-state index contributed by atoms with van der Waals surface area (Å²) in [5.74, 6) is 0.545. The molecular weight excluding hydrogens is 687 g/mol. The molecule has 0 saturated carbocycles. The Morgan fingerprint density at radius 3 is 2.43 bits per heavy atom. The van der Waals surface area contributed by atoms with Crippen LogP contribution in [-0.2, 0) is 25.8 Å². The molecule has 1 amide bonds. The molecule has 2 N–H and O–H groups in total. The number of nitrogens with one attached hydrogen (secondary N) is 1. The molecule has 0 radical (unpaired) electrons. The van der Waals surface area contributed by atoms with Gasteiger partial charge in [-0.25, -0.2) is 13.4 Å². The van der Waals surface area contributed by atoms with E-state index in [1.807, 2.05) is 31.2 Å². The summed E-state index contributed by atoms with van der Waals surface area (Å²) in [6, 6.07) is 27.5. The number of aliphatic hydroxyl groups excluding tert-OH is 1. The van der Waals surface area contributed by atoms with E-state index in [0.29, 0.717) is 48.0 Å². The number of hydrogen-bond donors (Lipinski definition) is 2. The number of amides is 1. The van der Waals surface area contributed by atoms with Gasteiger partial charge in [0.2, 0.25) is 5.90 Å². The maximum absolute atomic E-state index is 14.5. The van der Waals surface area contributed by atoms with E-state index in [-0.39, 0.29) is 35.4 Å². The molecule has 0 spiro atoms. The number of aliphatic hydroxyl groups is 1. The van der Waals surface area contributed by atoms with Crippen molar-refractivity contribution in [3.8, 4) is 11.5 Å². The lowest BCUT2D eigenvalue weighted by Gasteiger charge is -2.31. The highest BCUT2D eigenvalue weighted by atomic mass is 35.5. The minimum atomic E-state index is -3.83. The van der Waals surface area contributed by atoms with E-state index in [0.717, 1.165) is 11.3 Å². The predicted octanol–water partition coefficient (Wildman–Crippen LogP) is 6.63. The Balaban J connectivity index is 1.53. The van der Waals surface area contributed by atoms with Crippen LogP contribution in [0.1, 0.15) is 42.6 Å². The molecule has 0 unspecified atom stereocenters. The van der Waals surface area contributed by atoms with Gasteiger partial charge in [-0.3, -0.25) is 4.79 Å². The van der Waals surface area contributed by atoms with Crippen molar-refractivity contribution in [1.82, 2.24) is 5.32 Å². The number of carbonyl (C=O) groups excluding carboxylic acids is 1. The van der Waals surface area contributed by atoms with Crippen molar-refractivity contribution in [3.05, 3.63) is 124 Å². The summed E-state index contributed by atoms with van der Waals surface area (Å²) < 4.78 is 45.1. The average Bonchev–Trinajstić information content (AvgIpc) is 3.49. The van der Waals surface area contributed by atoms with Crippen LogP contribution in [0.2, 0.25) is 10.0 Å². The van der Waals surface area contributed by atoms with E-state index in [4.69, 9.17) is 47.5 Å². The van der Waals surface area contributed by atoms with Gasteiger partial charge >= 0.3 is 0 Å². The van der Waals surface area contributed by atoms with E-state index in [2.05, 4.69) is 5.32 Å². The van der Waals surface area contributed by atoms with Crippen LogP contribution in [0.15, 0.2) is 107 Å². The Labute approximate surface area is 296 Å². The number of nitrogens with zero attached hydrogens (tertiary/aromatic N) is 1. The van der Waals surface area contributed by atoms with E-state index in [1.54, 1.807) is 60.7 Å². The lowest BCUT2D eigenvalue weighted by Crippen LogP contribution is -2.49. The first kappa shape index (κ1) is 36.2. The highest BCUT2D eigenvalue weighted by molar-refractivity contribution is 7.91. The van der Waals surface area contributed by atoms with Crippen LogP contribution < -0.4 is 14.8 Å². The van der Waals surface area contributed by atoms with Crippen LogP contribution in [-0.4, -0.2) is 63.0 Å². The highest BCUT2D eigenvalue weighted by Crippen LogP contribution is 2.45. The molecule has 0 fully saturated rings. The van der Waals surface area contributed by atoms with Crippen molar-refractivity contribution in [2.75, 3.05) is 32.1 Å². The molecule has 0 aliphatic carbocycles. The summed E-state index contributed by atoms with van der Waals surface area (Å²) >= 11 is 13.0.